The van der Waals surface area contributed by atoms with Gasteiger partial charge in [-0.1, -0.05) is 11.6 Å². The van der Waals surface area contributed by atoms with E-state index in [1.165, 1.54) is 12.1 Å². The van der Waals surface area contributed by atoms with Gasteiger partial charge in [0.15, 0.2) is 0 Å². The fourth-order valence-electron chi connectivity index (χ4n) is 2.21. The number of sulfonamides is 1. The third-order valence-corrected chi connectivity index (χ3v) is 5.07. The molecule has 1 aromatic carbocycles. The van der Waals surface area contributed by atoms with Gasteiger partial charge in [-0.15, -0.1) is 0 Å². The van der Waals surface area contributed by atoms with Crippen molar-refractivity contribution < 1.29 is 12.8 Å². The van der Waals surface area contributed by atoms with Crippen LogP contribution in [0.15, 0.2) is 23.1 Å². The first kappa shape index (κ1) is 16.6. The first-order valence-corrected chi connectivity index (χ1v) is 8.73. The molecule has 2 rings (SSSR count). The first-order chi connectivity index (χ1) is 9.99. The minimum Gasteiger partial charge on any atom is -0.314 e. The molecule has 1 heterocycles. The van der Waals surface area contributed by atoms with E-state index >= 15 is 0 Å². The maximum Gasteiger partial charge on any atom is 0.243 e. The van der Waals surface area contributed by atoms with Crippen LogP contribution in [0.1, 0.15) is 6.42 Å². The van der Waals surface area contributed by atoms with Crippen LogP contribution in [0.25, 0.3) is 0 Å². The van der Waals surface area contributed by atoms with Crippen LogP contribution >= 0.6 is 11.6 Å². The van der Waals surface area contributed by atoms with E-state index in [1.807, 2.05) is 0 Å². The molecule has 1 fully saturated rings. The molecular formula is C13H19ClFN3O2S. The number of halogens is 2. The highest BCUT2D eigenvalue weighted by Crippen LogP contribution is 2.18. The highest BCUT2D eigenvalue weighted by Gasteiger charge is 2.18. The Bertz CT molecular complexity index is 577. The maximum atomic E-state index is 13.6. The molecule has 118 valence electrons. The van der Waals surface area contributed by atoms with Crippen LogP contribution in [-0.2, 0) is 10.0 Å². The molecular weight excluding hydrogens is 317 g/mol. The van der Waals surface area contributed by atoms with Gasteiger partial charge in [-0.2, -0.15) is 0 Å². The quantitative estimate of drug-likeness (QED) is 0.763. The fraction of sp³-hybridized carbons (Fsp3) is 0.538. The van der Waals surface area contributed by atoms with Gasteiger partial charge in [-0.25, -0.2) is 17.5 Å². The molecule has 0 aliphatic carbocycles. The van der Waals surface area contributed by atoms with Gasteiger partial charge in [0.2, 0.25) is 10.0 Å². The molecule has 0 spiro atoms. The largest absolute Gasteiger partial charge is 0.314 e. The summed E-state index contributed by atoms with van der Waals surface area (Å²) in [5.74, 6) is -0.836. The number of benzene rings is 1. The second-order valence-electron chi connectivity index (χ2n) is 4.92. The molecule has 0 unspecified atom stereocenters. The normalized spacial score (nSPS) is 17.0. The lowest BCUT2D eigenvalue weighted by Crippen LogP contribution is -2.44. The van der Waals surface area contributed by atoms with E-state index in [-0.39, 0.29) is 16.5 Å². The zero-order valence-corrected chi connectivity index (χ0v) is 13.2. The summed E-state index contributed by atoms with van der Waals surface area (Å²) in [6, 6.07) is 3.53. The lowest BCUT2D eigenvalue weighted by atomic mass is 10.3. The highest BCUT2D eigenvalue weighted by atomic mass is 35.5. The number of nitrogens with one attached hydrogen (secondary N) is 2. The molecule has 1 aliphatic rings. The van der Waals surface area contributed by atoms with Crippen molar-refractivity contribution in [2.75, 3.05) is 39.3 Å². The molecule has 0 bridgehead atoms. The number of hydrogen-bond acceptors (Lipinski definition) is 4. The van der Waals surface area contributed by atoms with Crippen LogP contribution in [0.2, 0.25) is 5.02 Å². The Morgan fingerprint density at radius 3 is 2.71 bits per heavy atom. The number of nitrogens with zero attached hydrogens (tertiary/aromatic N) is 1. The smallest absolute Gasteiger partial charge is 0.243 e. The molecule has 0 radical (unpaired) electrons. The predicted octanol–water partition coefficient (Wildman–Crippen LogP) is 1.05. The number of piperazine rings is 1. The molecule has 1 aromatic rings. The second kappa shape index (κ2) is 7.51. The van der Waals surface area contributed by atoms with Gasteiger partial charge >= 0.3 is 0 Å². The summed E-state index contributed by atoms with van der Waals surface area (Å²) in [6.07, 6.45) is 0.689. The zero-order valence-electron chi connectivity index (χ0n) is 11.6. The van der Waals surface area contributed by atoms with Crippen molar-refractivity contribution >= 4 is 21.6 Å². The molecule has 2 N–H and O–H groups in total. The third kappa shape index (κ3) is 4.89. The molecule has 0 atom stereocenters. The van der Waals surface area contributed by atoms with Gasteiger partial charge in [0.1, 0.15) is 10.7 Å². The molecule has 1 saturated heterocycles. The van der Waals surface area contributed by atoms with Crippen LogP contribution in [-0.4, -0.2) is 52.6 Å². The molecule has 0 saturated carbocycles. The van der Waals surface area contributed by atoms with E-state index in [4.69, 9.17) is 11.6 Å². The minimum atomic E-state index is -3.83. The summed E-state index contributed by atoms with van der Waals surface area (Å²) in [5, 5.41) is 3.43. The second-order valence-corrected chi connectivity index (χ2v) is 7.09. The van der Waals surface area contributed by atoms with Crippen molar-refractivity contribution in [2.24, 2.45) is 0 Å². The number of rotatable bonds is 6. The van der Waals surface area contributed by atoms with E-state index < -0.39 is 15.8 Å². The summed E-state index contributed by atoms with van der Waals surface area (Å²) < 4.78 is 40.0. The summed E-state index contributed by atoms with van der Waals surface area (Å²) in [7, 11) is -3.83. The van der Waals surface area contributed by atoms with E-state index in [0.717, 1.165) is 38.8 Å². The van der Waals surface area contributed by atoms with Crippen LogP contribution < -0.4 is 10.0 Å². The highest BCUT2D eigenvalue weighted by molar-refractivity contribution is 7.89. The van der Waals surface area contributed by atoms with E-state index in [0.29, 0.717) is 6.42 Å². The summed E-state index contributed by atoms with van der Waals surface area (Å²) in [4.78, 5) is 1.90. The average molecular weight is 336 g/mol. The molecule has 1 aliphatic heterocycles. The van der Waals surface area contributed by atoms with Gasteiger partial charge in [-0.05, 0) is 31.2 Å². The molecule has 8 heteroatoms. The third-order valence-electron chi connectivity index (χ3n) is 3.34. The Morgan fingerprint density at radius 2 is 2.05 bits per heavy atom. The van der Waals surface area contributed by atoms with Gasteiger partial charge < -0.3 is 10.2 Å². The monoisotopic (exact) mass is 335 g/mol. The van der Waals surface area contributed by atoms with E-state index in [2.05, 4.69) is 14.9 Å². The van der Waals surface area contributed by atoms with Gasteiger partial charge in [0, 0.05) is 37.7 Å². The van der Waals surface area contributed by atoms with E-state index in [1.54, 1.807) is 0 Å². The Labute approximate surface area is 129 Å². The number of hydrogen-bond donors (Lipinski definition) is 2. The summed E-state index contributed by atoms with van der Waals surface area (Å²) >= 11 is 5.61. The van der Waals surface area contributed by atoms with Gasteiger partial charge in [0.05, 0.1) is 0 Å². The van der Waals surface area contributed by atoms with Crippen molar-refractivity contribution in [1.29, 1.82) is 0 Å². The van der Waals surface area contributed by atoms with Gasteiger partial charge in [-0.3, -0.25) is 0 Å². The van der Waals surface area contributed by atoms with Crippen molar-refractivity contribution in [1.82, 2.24) is 14.9 Å². The van der Waals surface area contributed by atoms with Gasteiger partial charge in [0.25, 0.3) is 0 Å². The Hall–Kier alpha value is -0.730. The van der Waals surface area contributed by atoms with Crippen LogP contribution in [0.4, 0.5) is 4.39 Å². The topological polar surface area (TPSA) is 61.4 Å². The minimum absolute atomic E-state index is 0.171. The summed E-state index contributed by atoms with van der Waals surface area (Å²) in [6.45, 7) is 4.97. The Balaban J connectivity index is 1.83. The molecule has 21 heavy (non-hydrogen) atoms. The Morgan fingerprint density at radius 1 is 1.33 bits per heavy atom. The summed E-state index contributed by atoms with van der Waals surface area (Å²) in [5.41, 5.74) is 0. The predicted molar refractivity (Wildman–Crippen MR) is 80.5 cm³/mol. The maximum absolute atomic E-state index is 13.6. The SMILES string of the molecule is O=S(=O)(NCCCN1CCNCC1)c1ccc(Cl)cc1F. The standard InChI is InChI=1S/C13H19ClFN3O2S/c14-11-2-3-13(12(15)10-11)21(19,20)17-4-1-7-18-8-5-16-6-9-18/h2-3,10,16-17H,1,4-9H2. The molecule has 0 aromatic heterocycles. The van der Waals surface area contributed by atoms with Crippen LogP contribution in [0.5, 0.6) is 0 Å². The molecule has 5 nitrogen and oxygen atoms in total. The van der Waals surface area contributed by atoms with Crippen molar-refractivity contribution in [3.63, 3.8) is 0 Å². The van der Waals surface area contributed by atoms with Crippen molar-refractivity contribution in [2.45, 2.75) is 11.3 Å². The Kier molecular flexibility index (Phi) is 5.95. The van der Waals surface area contributed by atoms with Crippen LogP contribution in [0.3, 0.4) is 0 Å². The van der Waals surface area contributed by atoms with Crippen molar-refractivity contribution in [3.05, 3.63) is 29.0 Å². The lowest BCUT2D eigenvalue weighted by molar-refractivity contribution is 0.239. The molecule has 0 amide bonds. The average Bonchev–Trinajstić information content (AvgIpc) is 2.44. The zero-order chi connectivity index (χ0) is 15.3. The van der Waals surface area contributed by atoms with Crippen LogP contribution in [0, 0.1) is 5.82 Å². The fourth-order valence-corrected chi connectivity index (χ4v) is 3.51. The lowest BCUT2D eigenvalue weighted by Gasteiger charge is -2.27. The van der Waals surface area contributed by atoms with E-state index in [9.17, 15) is 12.8 Å². The first-order valence-electron chi connectivity index (χ1n) is 6.87. The van der Waals surface area contributed by atoms with Crippen molar-refractivity contribution in [3.8, 4) is 0 Å².